The summed E-state index contributed by atoms with van der Waals surface area (Å²) in [4.78, 5) is 74.3. The van der Waals surface area contributed by atoms with E-state index in [1.807, 2.05) is 0 Å². The Morgan fingerprint density at radius 3 is 1.10 bits per heavy atom. The van der Waals surface area contributed by atoms with Gasteiger partial charge in [0.05, 0.1) is 0 Å². The number of imide groups is 2. The molecule has 152 valence electrons. The predicted octanol–water partition coefficient (Wildman–Crippen LogP) is -1.69. The number of carbonyl (C=O) groups is 6. The van der Waals surface area contributed by atoms with E-state index in [1.54, 1.807) is 0 Å². The molecule has 0 radical (unpaired) electrons. The number of rotatable bonds is 6. The summed E-state index contributed by atoms with van der Waals surface area (Å²) in [7, 11) is 0. The van der Waals surface area contributed by atoms with Gasteiger partial charge in [0.1, 0.15) is 0 Å². The summed E-state index contributed by atoms with van der Waals surface area (Å²) in [6.45, 7) is -0.751. The summed E-state index contributed by atoms with van der Waals surface area (Å²) in [6, 6.07) is 5.32. The Morgan fingerprint density at radius 1 is 0.600 bits per heavy atom. The van der Waals surface area contributed by atoms with Crippen molar-refractivity contribution in [3.63, 3.8) is 0 Å². The lowest BCUT2D eigenvalue weighted by Crippen LogP contribution is -2.45. The minimum Gasteiger partial charge on any atom is -0.550 e. The highest BCUT2D eigenvalue weighted by atomic mass is 16.4. The Kier molecular flexibility index (Phi) is 4.34. The highest BCUT2D eigenvalue weighted by Crippen LogP contribution is 2.37. The van der Waals surface area contributed by atoms with E-state index in [2.05, 4.69) is 0 Å². The van der Waals surface area contributed by atoms with Crippen LogP contribution in [0.4, 0.5) is 0 Å². The molecule has 0 saturated carbocycles. The number of hydrogen-bond acceptors (Lipinski definition) is 8. The van der Waals surface area contributed by atoms with Crippen molar-refractivity contribution >= 4 is 46.3 Å². The lowest BCUT2D eigenvalue weighted by atomic mass is 9.86. The van der Waals surface area contributed by atoms with Crippen molar-refractivity contribution in [3.05, 3.63) is 46.5 Å². The van der Waals surface area contributed by atoms with E-state index in [0.717, 1.165) is 9.80 Å². The van der Waals surface area contributed by atoms with Crippen molar-refractivity contribution < 1.29 is 39.0 Å². The summed E-state index contributed by atoms with van der Waals surface area (Å²) in [5, 5.41) is 21.8. The van der Waals surface area contributed by atoms with Crippen LogP contribution in [-0.4, -0.2) is 58.5 Å². The van der Waals surface area contributed by atoms with Gasteiger partial charge in [-0.15, -0.1) is 0 Å². The molecular formula is C20H12N2O8-2. The van der Waals surface area contributed by atoms with E-state index in [1.165, 1.54) is 24.3 Å². The molecule has 0 atom stereocenters. The number of nitrogens with zero attached hydrogens (tertiary/aromatic N) is 2. The Labute approximate surface area is 168 Å². The largest absolute Gasteiger partial charge is 0.550 e. The quantitative estimate of drug-likeness (QED) is 0.513. The van der Waals surface area contributed by atoms with Crippen molar-refractivity contribution in [3.8, 4) is 0 Å². The molecular weight excluding hydrogens is 396 g/mol. The zero-order valence-corrected chi connectivity index (χ0v) is 15.3. The number of aliphatic carboxylic acids is 2. The molecule has 4 rings (SSSR count). The maximum atomic E-state index is 12.8. The van der Waals surface area contributed by atoms with Gasteiger partial charge in [-0.1, -0.05) is 0 Å². The van der Waals surface area contributed by atoms with Crippen LogP contribution in [0, 0.1) is 0 Å². The van der Waals surface area contributed by atoms with Crippen LogP contribution in [0.5, 0.6) is 0 Å². The van der Waals surface area contributed by atoms with Crippen molar-refractivity contribution in [2.75, 3.05) is 13.1 Å². The Bertz CT molecular complexity index is 1040. The van der Waals surface area contributed by atoms with Gasteiger partial charge in [0.15, 0.2) is 0 Å². The van der Waals surface area contributed by atoms with Crippen LogP contribution in [-0.2, 0) is 9.59 Å². The smallest absolute Gasteiger partial charge is 0.261 e. The van der Waals surface area contributed by atoms with E-state index in [-0.39, 0.29) is 46.1 Å². The van der Waals surface area contributed by atoms with Gasteiger partial charge in [0.25, 0.3) is 23.6 Å². The molecule has 2 aromatic rings. The van der Waals surface area contributed by atoms with E-state index >= 15 is 0 Å². The second kappa shape index (κ2) is 6.76. The molecule has 30 heavy (non-hydrogen) atoms. The third-order valence-corrected chi connectivity index (χ3v) is 5.14. The second-order valence-electron chi connectivity index (χ2n) is 6.84. The number of carbonyl (C=O) groups excluding carboxylic acids is 6. The maximum absolute atomic E-state index is 12.8. The van der Waals surface area contributed by atoms with Gasteiger partial charge in [-0.3, -0.25) is 29.0 Å². The van der Waals surface area contributed by atoms with E-state index in [9.17, 15) is 39.0 Å². The normalized spacial score (nSPS) is 15.2. The first-order valence-corrected chi connectivity index (χ1v) is 8.94. The SMILES string of the molecule is O=C([O-])CCN1C(=O)c2ccc3c4c(ccc(c24)C1=O)C(=O)N(CCC(=O)[O-])C3=O. The van der Waals surface area contributed by atoms with Gasteiger partial charge in [0, 0.05) is 70.9 Å². The predicted molar refractivity (Wildman–Crippen MR) is 93.9 cm³/mol. The van der Waals surface area contributed by atoms with Crippen LogP contribution in [0.2, 0.25) is 0 Å². The molecule has 2 aliphatic rings. The average Bonchev–Trinajstić information content (AvgIpc) is 2.69. The Hall–Kier alpha value is -4.08. The van der Waals surface area contributed by atoms with E-state index in [4.69, 9.17) is 0 Å². The molecule has 0 unspecified atom stereocenters. The molecule has 0 spiro atoms. The molecule has 0 bridgehead atoms. The van der Waals surface area contributed by atoms with Crippen LogP contribution in [0.25, 0.3) is 10.8 Å². The Morgan fingerprint density at radius 2 is 0.867 bits per heavy atom. The van der Waals surface area contributed by atoms with Crippen molar-refractivity contribution in [1.29, 1.82) is 0 Å². The Balaban J connectivity index is 1.86. The lowest BCUT2D eigenvalue weighted by Gasteiger charge is -2.32. The molecule has 10 nitrogen and oxygen atoms in total. The fourth-order valence-electron chi connectivity index (χ4n) is 3.79. The molecule has 0 fully saturated rings. The minimum absolute atomic E-state index is 0.0623. The van der Waals surface area contributed by atoms with Crippen molar-refractivity contribution in [2.45, 2.75) is 12.8 Å². The molecule has 4 amide bonds. The fraction of sp³-hybridized carbons (Fsp3) is 0.200. The zero-order chi connectivity index (χ0) is 21.7. The number of amides is 4. The summed E-state index contributed by atoms with van der Waals surface area (Å²) < 4.78 is 0. The number of carboxylic acids is 2. The van der Waals surface area contributed by atoms with Crippen molar-refractivity contribution in [1.82, 2.24) is 9.80 Å². The molecule has 10 heteroatoms. The first-order chi connectivity index (χ1) is 14.2. The zero-order valence-electron chi connectivity index (χ0n) is 15.3. The third-order valence-electron chi connectivity index (χ3n) is 5.14. The van der Waals surface area contributed by atoms with Gasteiger partial charge in [0.2, 0.25) is 0 Å². The van der Waals surface area contributed by atoms with Crippen LogP contribution >= 0.6 is 0 Å². The average molecular weight is 408 g/mol. The monoisotopic (exact) mass is 408 g/mol. The summed E-state index contributed by atoms with van der Waals surface area (Å²) in [5.74, 6) is -5.79. The van der Waals surface area contributed by atoms with E-state index in [0.29, 0.717) is 0 Å². The summed E-state index contributed by atoms with van der Waals surface area (Å²) in [5.41, 5.74) is 0.249. The molecule has 0 aliphatic carbocycles. The lowest BCUT2D eigenvalue weighted by molar-refractivity contribution is -0.307. The standard InChI is InChI=1S/C20H14N2O8/c23-13(24)5-7-21-17(27)9-1-2-10-16-12(4-3-11(15(9)16)19(21)29)20(30)22(18(10)28)8-6-14(25)26/h1-4H,5-8H2,(H,23,24)(H,25,26)/p-2. The molecule has 2 aromatic carbocycles. The van der Waals surface area contributed by atoms with Gasteiger partial charge < -0.3 is 19.8 Å². The summed E-state index contributed by atoms with van der Waals surface area (Å²) >= 11 is 0. The molecule has 2 aliphatic heterocycles. The van der Waals surface area contributed by atoms with Gasteiger partial charge in [-0.05, 0) is 24.3 Å². The highest BCUT2D eigenvalue weighted by Gasteiger charge is 2.39. The molecule has 0 aromatic heterocycles. The van der Waals surface area contributed by atoms with Gasteiger partial charge in [-0.2, -0.15) is 0 Å². The first kappa shape index (κ1) is 19.2. The molecule has 0 N–H and O–H groups in total. The van der Waals surface area contributed by atoms with Crippen LogP contribution < -0.4 is 10.2 Å². The number of hydrogen-bond donors (Lipinski definition) is 0. The third kappa shape index (κ3) is 2.72. The molecule has 0 saturated heterocycles. The van der Waals surface area contributed by atoms with Gasteiger partial charge >= 0.3 is 0 Å². The highest BCUT2D eigenvalue weighted by molar-refractivity contribution is 6.33. The van der Waals surface area contributed by atoms with Crippen LogP contribution in [0.3, 0.4) is 0 Å². The van der Waals surface area contributed by atoms with E-state index < -0.39 is 48.4 Å². The second-order valence-corrected chi connectivity index (χ2v) is 6.84. The summed E-state index contributed by atoms with van der Waals surface area (Å²) in [6.07, 6.45) is -1.06. The minimum atomic E-state index is -1.42. The van der Waals surface area contributed by atoms with Gasteiger partial charge in [-0.25, -0.2) is 0 Å². The van der Waals surface area contributed by atoms with Crippen LogP contribution in [0.1, 0.15) is 54.3 Å². The number of benzene rings is 2. The van der Waals surface area contributed by atoms with Crippen molar-refractivity contribution in [2.24, 2.45) is 0 Å². The molecule has 2 heterocycles. The van der Waals surface area contributed by atoms with Crippen LogP contribution in [0.15, 0.2) is 24.3 Å². The first-order valence-electron chi connectivity index (χ1n) is 8.94. The fourth-order valence-corrected chi connectivity index (χ4v) is 3.79. The maximum Gasteiger partial charge on any atom is 0.261 e. The number of carboxylic acid groups (broad SMARTS) is 2. The topological polar surface area (TPSA) is 155 Å².